The SMILES string of the molecule is CC.CC(=O)ON(C)CCCCC=S. The van der Waals surface area contributed by atoms with E-state index in [4.69, 9.17) is 4.84 Å². The second kappa shape index (κ2) is 12.5. The number of hydroxylamine groups is 2. The lowest BCUT2D eigenvalue weighted by atomic mass is 10.2. The maximum absolute atomic E-state index is 10.5. The van der Waals surface area contributed by atoms with Crippen LogP contribution in [0.1, 0.15) is 40.0 Å². The third kappa shape index (κ3) is 14.1. The van der Waals surface area contributed by atoms with E-state index in [1.54, 1.807) is 17.5 Å². The van der Waals surface area contributed by atoms with Gasteiger partial charge < -0.3 is 4.84 Å². The van der Waals surface area contributed by atoms with E-state index in [-0.39, 0.29) is 5.97 Å². The first-order chi connectivity index (χ1) is 6.66. The van der Waals surface area contributed by atoms with Crippen molar-refractivity contribution in [3.05, 3.63) is 0 Å². The van der Waals surface area contributed by atoms with Crippen molar-refractivity contribution in [3.63, 3.8) is 0 Å². The molecule has 0 heterocycles. The van der Waals surface area contributed by atoms with Crippen molar-refractivity contribution in [2.45, 2.75) is 40.0 Å². The van der Waals surface area contributed by atoms with Gasteiger partial charge in [0.2, 0.25) is 0 Å². The second-order valence-electron chi connectivity index (χ2n) is 2.60. The van der Waals surface area contributed by atoms with Crippen molar-refractivity contribution in [1.29, 1.82) is 0 Å². The van der Waals surface area contributed by atoms with Crippen LogP contribution in [-0.4, -0.2) is 30.0 Å². The van der Waals surface area contributed by atoms with Crippen LogP contribution in [0.3, 0.4) is 0 Å². The van der Waals surface area contributed by atoms with Crippen LogP contribution < -0.4 is 0 Å². The highest BCUT2D eigenvalue weighted by atomic mass is 32.1. The van der Waals surface area contributed by atoms with Crippen molar-refractivity contribution in [1.82, 2.24) is 5.06 Å². The molecule has 0 spiro atoms. The van der Waals surface area contributed by atoms with Crippen LogP contribution in [0.4, 0.5) is 0 Å². The zero-order valence-electron chi connectivity index (χ0n) is 9.58. The maximum atomic E-state index is 10.5. The fourth-order valence-corrected chi connectivity index (χ4v) is 0.994. The maximum Gasteiger partial charge on any atom is 0.322 e. The molecule has 0 bridgehead atoms. The predicted octanol–water partition coefficient (Wildman–Crippen LogP) is 2.59. The molecule has 0 aromatic carbocycles. The van der Waals surface area contributed by atoms with Gasteiger partial charge in [0.05, 0.1) is 0 Å². The summed E-state index contributed by atoms with van der Waals surface area (Å²) in [6.07, 6.45) is 3.00. The summed E-state index contributed by atoms with van der Waals surface area (Å²) < 4.78 is 0. The highest BCUT2D eigenvalue weighted by Gasteiger charge is 2.00. The third-order valence-electron chi connectivity index (χ3n) is 1.33. The van der Waals surface area contributed by atoms with Gasteiger partial charge in [0, 0.05) is 20.5 Å². The molecule has 0 amide bonds. The van der Waals surface area contributed by atoms with Gasteiger partial charge in [-0.2, -0.15) is 0 Å². The Balaban J connectivity index is 0. The summed E-state index contributed by atoms with van der Waals surface area (Å²) in [5.74, 6) is -0.271. The highest BCUT2D eigenvalue weighted by molar-refractivity contribution is 7.78. The molecule has 0 rings (SSSR count). The largest absolute Gasteiger partial charge is 0.369 e. The molecule has 0 saturated carbocycles. The minimum Gasteiger partial charge on any atom is -0.369 e. The smallest absolute Gasteiger partial charge is 0.322 e. The quantitative estimate of drug-likeness (QED) is 0.390. The number of thiocarbonyl (C=S) groups is 1. The fourth-order valence-electron chi connectivity index (χ4n) is 0.827. The number of unbranched alkanes of at least 4 members (excludes halogenated alkanes) is 2. The number of rotatable bonds is 6. The Morgan fingerprint density at radius 2 is 2.00 bits per heavy atom. The standard InChI is InChI=1S/C8H15NO2S.C2H6/c1-8(10)11-9(2)6-4-3-5-7-12;1-2/h7H,3-6H2,1-2H3;1-2H3. The lowest BCUT2D eigenvalue weighted by molar-refractivity contribution is -0.181. The Kier molecular flexibility index (Phi) is 14.3. The zero-order valence-corrected chi connectivity index (χ0v) is 10.4. The molecule has 0 aliphatic rings. The van der Waals surface area contributed by atoms with E-state index in [1.165, 1.54) is 6.92 Å². The number of nitrogens with zero attached hydrogens (tertiary/aromatic N) is 1. The summed E-state index contributed by atoms with van der Waals surface area (Å²) >= 11 is 4.68. The van der Waals surface area contributed by atoms with Crippen LogP contribution in [0.15, 0.2) is 0 Å². The van der Waals surface area contributed by atoms with Crippen LogP contribution in [0.25, 0.3) is 0 Å². The van der Waals surface area contributed by atoms with E-state index in [0.29, 0.717) is 0 Å². The summed E-state index contributed by atoms with van der Waals surface area (Å²) in [5, 5.41) is 3.28. The molecule has 3 nitrogen and oxygen atoms in total. The van der Waals surface area contributed by atoms with Gasteiger partial charge in [-0.05, 0) is 24.6 Å². The minimum atomic E-state index is -0.271. The highest BCUT2D eigenvalue weighted by Crippen LogP contribution is 1.96. The molecule has 0 unspecified atom stereocenters. The Bertz CT molecular complexity index is 151. The molecule has 0 aliphatic carbocycles. The number of carbonyl (C=O) groups excluding carboxylic acids is 1. The summed E-state index contributed by atoms with van der Waals surface area (Å²) in [7, 11) is 1.75. The van der Waals surface area contributed by atoms with Crippen molar-refractivity contribution in [2.75, 3.05) is 13.6 Å². The van der Waals surface area contributed by atoms with E-state index in [2.05, 4.69) is 12.2 Å². The van der Waals surface area contributed by atoms with Gasteiger partial charge in [-0.25, -0.2) is 0 Å². The van der Waals surface area contributed by atoms with Crippen molar-refractivity contribution in [3.8, 4) is 0 Å². The van der Waals surface area contributed by atoms with E-state index >= 15 is 0 Å². The molecule has 0 radical (unpaired) electrons. The average Bonchev–Trinajstić information content (AvgIpc) is 2.15. The first-order valence-corrected chi connectivity index (χ1v) is 5.47. The molecule has 4 heteroatoms. The molecule has 0 N–H and O–H groups in total. The Morgan fingerprint density at radius 1 is 1.43 bits per heavy atom. The molecule has 14 heavy (non-hydrogen) atoms. The van der Waals surface area contributed by atoms with E-state index in [9.17, 15) is 4.79 Å². The number of hydrogen-bond acceptors (Lipinski definition) is 4. The van der Waals surface area contributed by atoms with E-state index < -0.39 is 0 Å². The lowest BCUT2D eigenvalue weighted by Crippen LogP contribution is -2.22. The van der Waals surface area contributed by atoms with Gasteiger partial charge >= 0.3 is 5.97 Å². The molecule has 0 fully saturated rings. The third-order valence-corrected chi connectivity index (χ3v) is 1.57. The van der Waals surface area contributed by atoms with Crippen LogP contribution >= 0.6 is 12.2 Å². The van der Waals surface area contributed by atoms with E-state index in [1.807, 2.05) is 13.8 Å². The van der Waals surface area contributed by atoms with Crippen molar-refractivity contribution >= 4 is 23.6 Å². The molecule has 84 valence electrons. The zero-order chi connectivity index (χ0) is 11.4. The summed E-state index contributed by atoms with van der Waals surface area (Å²) in [4.78, 5) is 15.2. The van der Waals surface area contributed by atoms with Gasteiger partial charge in [0.1, 0.15) is 0 Å². The first-order valence-electron chi connectivity index (χ1n) is 5.00. The molecule has 0 aromatic heterocycles. The lowest BCUT2D eigenvalue weighted by Gasteiger charge is -2.13. The van der Waals surface area contributed by atoms with Gasteiger partial charge in [0.25, 0.3) is 0 Å². The molecule has 0 saturated heterocycles. The van der Waals surface area contributed by atoms with Gasteiger partial charge in [-0.3, -0.25) is 4.79 Å². The molecular formula is C10H21NO2S. The second-order valence-corrected chi connectivity index (χ2v) is 2.93. The summed E-state index contributed by atoms with van der Waals surface area (Å²) in [5.41, 5.74) is 0. The Hall–Kier alpha value is -0.480. The predicted molar refractivity (Wildman–Crippen MR) is 63.3 cm³/mol. The average molecular weight is 219 g/mol. The van der Waals surface area contributed by atoms with Crippen molar-refractivity contribution < 1.29 is 9.63 Å². The summed E-state index contributed by atoms with van der Waals surface area (Å²) in [6.45, 7) is 6.16. The van der Waals surface area contributed by atoms with Gasteiger partial charge in [-0.15, -0.1) is 5.06 Å². The van der Waals surface area contributed by atoms with Crippen LogP contribution in [0.2, 0.25) is 0 Å². The topological polar surface area (TPSA) is 29.5 Å². The first kappa shape index (κ1) is 16.0. The van der Waals surface area contributed by atoms with Crippen molar-refractivity contribution in [2.24, 2.45) is 0 Å². The Labute approximate surface area is 92.4 Å². The monoisotopic (exact) mass is 219 g/mol. The minimum absolute atomic E-state index is 0.271. The molecule has 0 atom stereocenters. The normalized spacial score (nSPS) is 8.93. The van der Waals surface area contributed by atoms with Crippen LogP contribution in [-0.2, 0) is 9.63 Å². The van der Waals surface area contributed by atoms with Gasteiger partial charge in [0.15, 0.2) is 0 Å². The number of hydrogen-bond donors (Lipinski definition) is 0. The number of carbonyl (C=O) groups is 1. The molecular weight excluding hydrogens is 198 g/mol. The molecule has 0 aromatic rings. The summed E-state index contributed by atoms with van der Waals surface area (Å²) in [6, 6.07) is 0. The van der Waals surface area contributed by atoms with Crippen LogP contribution in [0, 0.1) is 0 Å². The van der Waals surface area contributed by atoms with E-state index in [0.717, 1.165) is 25.8 Å². The fraction of sp³-hybridized carbons (Fsp3) is 0.800. The van der Waals surface area contributed by atoms with Crippen LogP contribution in [0.5, 0.6) is 0 Å². The molecule has 0 aliphatic heterocycles. The Morgan fingerprint density at radius 3 is 2.43 bits per heavy atom. The van der Waals surface area contributed by atoms with Gasteiger partial charge in [-0.1, -0.05) is 26.1 Å².